The monoisotopic (exact) mass is 678 g/mol. The Morgan fingerprint density at radius 2 is 1.04 bits per heavy atom. The summed E-state index contributed by atoms with van der Waals surface area (Å²) in [5, 5.41) is 5.97. The third kappa shape index (κ3) is 4.17. The van der Waals surface area contributed by atoms with E-state index < -0.39 is 5.41 Å². The molecule has 0 N–H and O–H groups in total. The highest BCUT2D eigenvalue weighted by Crippen LogP contribution is 2.56. The maximum absolute atomic E-state index is 5.28. The fourth-order valence-electron chi connectivity index (χ4n) is 8.66. The number of nitrogens with zero attached hydrogens (tertiary/aromatic N) is 2. The smallest absolute Gasteiger partial charge is 0.160 e. The fraction of sp³-hybridized carbons (Fsp3) is 0.0204. The largest absolute Gasteiger partial charge is 0.227 e. The van der Waals surface area contributed by atoms with E-state index in [1.807, 2.05) is 11.3 Å². The van der Waals surface area contributed by atoms with Crippen LogP contribution in [-0.4, -0.2) is 9.97 Å². The zero-order valence-corrected chi connectivity index (χ0v) is 28.9. The number of rotatable bonds is 4. The average molecular weight is 679 g/mol. The Hall–Kier alpha value is -6.42. The summed E-state index contributed by atoms with van der Waals surface area (Å²) < 4.78 is 2.63. The molecule has 0 radical (unpaired) electrons. The van der Waals surface area contributed by atoms with E-state index in [1.165, 1.54) is 58.9 Å². The van der Waals surface area contributed by atoms with E-state index in [4.69, 9.17) is 9.97 Å². The van der Waals surface area contributed by atoms with Crippen molar-refractivity contribution in [1.29, 1.82) is 0 Å². The Morgan fingerprint density at radius 3 is 1.83 bits per heavy atom. The molecule has 2 nitrogen and oxygen atoms in total. The van der Waals surface area contributed by atoms with Crippen molar-refractivity contribution in [1.82, 2.24) is 9.97 Å². The molecule has 10 aromatic rings. The first-order valence-electron chi connectivity index (χ1n) is 17.7. The summed E-state index contributed by atoms with van der Waals surface area (Å²) in [6, 6.07) is 66.2. The van der Waals surface area contributed by atoms with Crippen molar-refractivity contribution in [2.24, 2.45) is 0 Å². The van der Waals surface area contributed by atoms with Gasteiger partial charge < -0.3 is 0 Å². The molecule has 3 heteroatoms. The molecule has 0 unspecified atom stereocenters. The molecule has 0 saturated heterocycles. The van der Waals surface area contributed by atoms with Gasteiger partial charge in [0, 0.05) is 42.1 Å². The van der Waals surface area contributed by atoms with Crippen LogP contribution in [0.15, 0.2) is 182 Å². The van der Waals surface area contributed by atoms with Gasteiger partial charge in [-0.15, -0.1) is 11.3 Å². The van der Waals surface area contributed by atoms with Crippen LogP contribution in [-0.2, 0) is 5.41 Å². The molecule has 242 valence electrons. The molecule has 11 rings (SSSR count). The van der Waals surface area contributed by atoms with Gasteiger partial charge in [-0.1, -0.05) is 158 Å². The lowest BCUT2D eigenvalue weighted by Gasteiger charge is -2.34. The minimum absolute atomic E-state index is 0.501. The van der Waals surface area contributed by atoms with E-state index in [2.05, 4.69) is 182 Å². The summed E-state index contributed by atoms with van der Waals surface area (Å²) in [5.41, 5.74) is 11.2. The van der Waals surface area contributed by atoms with Gasteiger partial charge in [0.15, 0.2) is 5.82 Å². The van der Waals surface area contributed by atoms with Crippen molar-refractivity contribution in [3.8, 4) is 33.8 Å². The first-order chi connectivity index (χ1) is 25.8. The topological polar surface area (TPSA) is 25.8 Å². The van der Waals surface area contributed by atoms with Gasteiger partial charge in [-0.3, -0.25) is 0 Å². The lowest BCUT2D eigenvalue weighted by molar-refractivity contribution is 0.770. The van der Waals surface area contributed by atoms with Crippen molar-refractivity contribution in [3.05, 3.63) is 204 Å². The van der Waals surface area contributed by atoms with Gasteiger partial charge in [-0.25, -0.2) is 9.97 Å². The molecule has 2 heterocycles. The molecule has 0 fully saturated rings. The lowest BCUT2D eigenvalue weighted by Crippen LogP contribution is -2.28. The number of benzene rings is 8. The van der Waals surface area contributed by atoms with Crippen LogP contribution in [0.4, 0.5) is 0 Å². The van der Waals surface area contributed by atoms with Gasteiger partial charge >= 0.3 is 0 Å². The van der Waals surface area contributed by atoms with Crippen LogP contribution in [0.5, 0.6) is 0 Å². The zero-order valence-electron chi connectivity index (χ0n) is 28.1. The molecule has 0 spiro atoms. The number of hydrogen-bond donors (Lipinski definition) is 0. The quantitative estimate of drug-likeness (QED) is 0.173. The Labute approximate surface area is 305 Å². The fourth-order valence-corrected chi connectivity index (χ4v) is 9.75. The molecule has 52 heavy (non-hydrogen) atoms. The summed E-state index contributed by atoms with van der Waals surface area (Å²) in [4.78, 5) is 10.6. The van der Waals surface area contributed by atoms with E-state index in [1.54, 1.807) is 0 Å². The second kappa shape index (κ2) is 11.3. The maximum Gasteiger partial charge on any atom is 0.160 e. The maximum atomic E-state index is 5.28. The van der Waals surface area contributed by atoms with Crippen molar-refractivity contribution in [3.63, 3.8) is 0 Å². The zero-order chi connectivity index (χ0) is 34.2. The minimum atomic E-state index is -0.501. The highest BCUT2D eigenvalue weighted by Gasteiger charge is 2.46. The first-order valence-corrected chi connectivity index (χ1v) is 18.6. The van der Waals surface area contributed by atoms with Gasteiger partial charge in [0.2, 0.25) is 0 Å². The highest BCUT2D eigenvalue weighted by molar-refractivity contribution is 7.25. The summed E-state index contributed by atoms with van der Waals surface area (Å²) in [6.45, 7) is 0. The normalized spacial score (nSPS) is 13.2. The van der Waals surface area contributed by atoms with Crippen LogP contribution < -0.4 is 0 Å². The Bertz CT molecular complexity index is 2970. The number of aromatic nitrogens is 2. The predicted octanol–water partition coefficient (Wildman–Crippen LogP) is 12.8. The van der Waals surface area contributed by atoms with Crippen molar-refractivity contribution >= 4 is 53.2 Å². The molecule has 0 amide bonds. The second-order valence-corrected chi connectivity index (χ2v) is 14.8. The molecule has 0 saturated carbocycles. The van der Waals surface area contributed by atoms with Gasteiger partial charge in [-0.2, -0.15) is 0 Å². The van der Waals surface area contributed by atoms with E-state index >= 15 is 0 Å². The van der Waals surface area contributed by atoms with Gasteiger partial charge in [0.25, 0.3) is 0 Å². The van der Waals surface area contributed by atoms with Crippen LogP contribution in [0, 0.1) is 0 Å². The van der Waals surface area contributed by atoms with Gasteiger partial charge in [0.1, 0.15) is 0 Å². The molecule has 1 aliphatic carbocycles. The minimum Gasteiger partial charge on any atom is -0.227 e. The Kier molecular flexibility index (Phi) is 6.37. The summed E-state index contributed by atoms with van der Waals surface area (Å²) in [5.74, 6) is 0.724. The van der Waals surface area contributed by atoms with Crippen molar-refractivity contribution < 1.29 is 0 Å². The molecular formula is C49H30N2S. The van der Waals surface area contributed by atoms with Crippen LogP contribution in [0.2, 0.25) is 0 Å². The molecule has 0 aliphatic heterocycles. The Morgan fingerprint density at radius 1 is 0.404 bits per heavy atom. The second-order valence-electron chi connectivity index (χ2n) is 13.7. The number of thiophene rings is 1. The highest BCUT2D eigenvalue weighted by atomic mass is 32.1. The SMILES string of the molecule is c1ccc(-c2nc(-c3ccc(C4(c5ccc6sc7ccccc7c6c5)c5ccccc5-c5ccccc54)cc3)nc3c2ccc2ccccc23)cc1. The molecule has 8 aromatic carbocycles. The summed E-state index contributed by atoms with van der Waals surface area (Å²) >= 11 is 1.87. The van der Waals surface area contributed by atoms with Crippen LogP contribution in [0.3, 0.4) is 0 Å². The standard InChI is InChI=1S/C49H30N2S/c1-2-13-32(14-3-1)46-40-28-24-31-12-4-5-15-36(31)47(40)51-48(50-46)33-22-25-34(26-23-33)49(42-19-9-6-16-37(42)38-17-7-10-20-43(38)49)35-27-29-45-41(30-35)39-18-8-11-21-44(39)52-45/h1-30H. The summed E-state index contributed by atoms with van der Waals surface area (Å²) in [7, 11) is 0. The number of fused-ring (bicyclic) bond motifs is 9. The van der Waals surface area contributed by atoms with Gasteiger partial charge in [-0.05, 0) is 63.0 Å². The molecular weight excluding hydrogens is 649 g/mol. The number of hydrogen-bond acceptors (Lipinski definition) is 3. The van der Waals surface area contributed by atoms with E-state index in [9.17, 15) is 0 Å². The molecule has 0 atom stereocenters. The van der Waals surface area contributed by atoms with Crippen LogP contribution >= 0.6 is 11.3 Å². The van der Waals surface area contributed by atoms with E-state index in [0.29, 0.717) is 0 Å². The van der Waals surface area contributed by atoms with Crippen molar-refractivity contribution in [2.45, 2.75) is 5.41 Å². The molecule has 2 aromatic heterocycles. The average Bonchev–Trinajstić information content (AvgIpc) is 3.74. The van der Waals surface area contributed by atoms with Gasteiger partial charge in [0.05, 0.1) is 16.6 Å². The molecule has 0 bridgehead atoms. The third-order valence-electron chi connectivity index (χ3n) is 11.0. The first kappa shape index (κ1) is 29.3. The summed E-state index contributed by atoms with van der Waals surface area (Å²) in [6.07, 6.45) is 0. The lowest BCUT2D eigenvalue weighted by atomic mass is 9.67. The predicted molar refractivity (Wildman–Crippen MR) is 218 cm³/mol. The van der Waals surface area contributed by atoms with Crippen LogP contribution in [0.25, 0.3) is 75.6 Å². The van der Waals surface area contributed by atoms with E-state index in [0.717, 1.165) is 38.9 Å². The van der Waals surface area contributed by atoms with E-state index in [-0.39, 0.29) is 0 Å². The molecule has 1 aliphatic rings. The third-order valence-corrected chi connectivity index (χ3v) is 12.1. The van der Waals surface area contributed by atoms with Crippen LogP contribution in [0.1, 0.15) is 22.3 Å². The van der Waals surface area contributed by atoms with Crippen molar-refractivity contribution in [2.75, 3.05) is 0 Å². The Balaban J connectivity index is 1.15.